The molecule has 92 valence electrons. The highest BCUT2D eigenvalue weighted by atomic mass is 32.2. The largest absolute Gasteiger partial charge is 0.276 e. The fourth-order valence-corrected chi connectivity index (χ4v) is 2.50. The number of para-hydroxylation sites is 1. The van der Waals surface area contributed by atoms with E-state index in [4.69, 9.17) is 5.26 Å². The summed E-state index contributed by atoms with van der Waals surface area (Å²) in [4.78, 5) is 0. The molecule has 0 aliphatic carbocycles. The predicted octanol–water partition coefficient (Wildman–Crippen LogP) is 2.97. The first-order valence-corrected chi connectivity index (χ1v) is 6.77. The zero-order chi connectivity index (χ0) is 12.8. The van der Waals surface area contributed by atoms with Crippen LogP contribution >= 0.6 is 11.8 Å². The number of thioether (sulfide) groups is 1. The minimum atomic E-state index is 0.589. The highest BCUT2D eigenvalue weighted by Crippen LogP contribution is 2.22. The van der Waals surface area contributed by atoms with Gasteiger partial charge >= 0.3 is 0 Å². The molecule has 0 radical (unpaired) electrons. The van der Waals surface area contributed by atoms with Crippen molar-refractivity contribution in [3.63, 3.8) is 0 Å². The highest BCUT2D eigenvalue weighted by Gasteiger charge is 2.08. The van der Waals surface area contributed by atoms with Gasteiger partial charge in [0.05, 0.1) is 11.8 Å². The van der Waals surface area contributed by atoms with Crippen molar-refractivity contribution in [2.24, 2.45) is 0 Å². The number of benzene rings is 1. The Morgan fingerprint density at radius 2 is 2.22 bits per heavy atom. The maximum atomic E-state index is 8.50. The fraction of sp³-hybridized carbons (Fsp3) is 0.308. The number of hydrogen-bond acceptors (Lipinski definition) is 4. The van der Waals surface area contributed by atoms with Crippen molar-refractivity contribution in [2.75, 3.05) is 5.75 Å². The van der Waals surface area contributed by atoms with Gasteiger partial charge < -0.3 is 0 Å². The molecule has 1 heterocycles. The lowest BCUT2D eigenvalue weighted by atomic mass is 10.2. The van der Waals surface area contributed by atoms with Gasteiger partial charge in [-0.05, 0) is 25.0 Å². The van der Waals surface area contributed by atoms with Gasteiger partial charge in [0, 0.05) is 12.2 Å². The van der Waals surface area contributed by atoms with E-state index in [-0.39, 0.29) is 0 Å². The van der Waals surface area contributed by atoms with Crippen LogP contribution in [-0.2, 0) is 0 Å². The molecular formula is C13H14N4S. The van der Waals surface area contributed by atoms with E-state index in [0.29, 0.717) is 6.42 Å². The Hall–Kier alpha value is -1.80. The number of aryl methyl sites for hydroxylation is 1. The van der Waals surface area contributed by atoms with Crippen LogP contribution in [0.5, 0.6) is 0 Å². The molecule has 0 saturated carbocycles. The molecule has 4 nitrogen and oxygen atoms in total. The van der Waals surface area contributed by atoms with Gasteiger partial charge in [0.25, 0.3) is 0 Å². The summed E-state index contributed by atoms with van der Waals surface area (Å²) in [6.07, 6.45) is 3.20. The van der Waals surface area contributed by atoms with Crippen molar-refractivity contribution < 1.29 is 0 Å². The Balaban J connectivity index is 2.13. The van der Waals surface area contributed by atoms with Crippen LogP contribution in [0, 0.1) is 18.3 Å². The molecule has 0 fully saturated rings. The maximum Gasteiger partial charge on any atom is 0.195 e. The molecule has 0 spiro atoms. The number of hydrogen-bond donors (Lipinski definition) is 0. The topological polar surface area (TPSA) is 54.5 Å². The average Bonchev–Trinajstić information content (AvgIpc) is 2.83. The normalized spacial score (nSPS) is 10.2. The van der Waals surface area contributed by atoms with Crippen LogP contribution in [0.3, 0.4) is 0 Å². The van der Waals surface area contributed by atoms with Crippen molar-refractivity contribution in [2.45, 2.75) is 24.9 Å². The van der Waals surface area contributed by atoms with Gasteiger partial charge in [-0.2, -0.15) is 5.26 Å². The molecule has 2 aromatic rings. The zero-order valence-electron chi connectivity index (χ0n) is 10.2. The Morgan fingerprint density at radius 1 is 1.39 bits per heavy atom. The zero-order valence-corrected chi connectivity index (χ0v) is 11.0. The molecule has 0 aliphatic rings. The van der Waals surface area contributed by atoms with Gasteiger partial charge in [-0.25, -0.2) is 0 Å². The quantitative estimate of drug-likeness (QED) is 0.611. The summed E-state index contributed by atoms with van der Waals surface area (Å²) in [6, 6.07) is 10.3. The van der Waals surface area contributed by atoms with E-state index in [1.54, 1.807) is 18.1 Å². The Labute approximate surface area is 111 Å². The SMILES string of the molecule is Cc1ccccc1-n1cnnc1SCCCC#N. The summed E-state index contributed by atoms with van der Waals surface area (Å²) in [5.74, 6) is 0.887. The van der Waals surface area contributed by atoms with Gasteiger partial charge in [0.15, 0.2) is 5.16 Å². The Bertz CT molecular complexity index is 556. The van der Waals surface area contributed by atoms with Crippen LogP contribution < -0.4 is 0 Å². The molecule has 0 unspecified atom stereocenters. The van der Waals surface area contributed by atoms with Crippen LogP contribution in [0.4, 0.5) is 0 Å². The molecule has 0 amide bonds. The first-order chi connectivity index (χ1) is 8.83. The third kappa shape index (κ3) is 2.90. The van der Waals surface area contributed by atoms with Crippen molar-refractivity contribution >= 4 is 11.8 Å². The lowest BCUT2D eigenvalue weighted by molar-refractivity contribution is 0.873. The van der Waals surface area contributed by atoms with Crippen LogP contribution in [0.1, 0.15) is 18.4 Å². The molecular weight excluding hydrogens is 244 g/mol. The van der Waals surface area contributed by atoms with Crippen molar-refractivity contribution in [1.29, 1.82) is 5.26 Å². The van der Waals surface area contributed by atoms with E-state index in [2.05, 4.69) is 35.3 Å². The standard InChI is InChI=1S/C13H14N4S/c1-11-6-2-3-7-12(11)17-10-15-16-13(17)18-9-5-4-8-14/h2-3,6-7,10H,4-5,9H2,1H3. The van der Waals surface area contributed by atoms with Crippen molar-refractivity contribution in [3.05, 3.63) is 36.2 Å². The summed E-state index contributed by atoms with van der Waals surface area (Å²) < 4.78 is 1.99. The second kappa shape index (κ2) is 6.22. The second-order valence-electron chi connectivity index (χ2n) is 3.88. The monoisotopic (exact) mass is 258 g/mol. The number of aromatic nitrogens is 3. The summed E-state index contributed by atoms with van der Waals surface area (Å²) in [5.41, 5.74) is 2.29. The third-order valence-electron chi connectivity index (χ3n) is 2.56. The van der Waals surface area contributed by atoms with E-state index in [0.717, 1.165) is 23.0 Å². The van der Waals surface area contributed by atoms with Gasteiger partial charge in [0.2, 0.25) is 0 Å². The lowest BCUT2D eigenvalue weighted by Crippen LogP contribution is -1.97. The number of unbranched alkanes of at least 4 members (excludes halogenated alkanes) is 1. The van der Waals surface area contributed by atoms with Crippen LogP contribution in [0.15, 0.2) is 35.7 Å². The Kier molecular flexibility index (Phi) is 4.37. The van der Waals surface area contributed by atoms with E-state index in [1.165, 1.54) is 5.56 Å². The fourth-order valence-electron chi connectivity index (χ4n) is 1.64. The first kappa shape index (κ1) is 12.7. The van der Waals surface area contributed by atoms with E-state index in [1.807, 2.05) is 16.7 Å². The average molecular weight is 258 g/mol. The summed E-state index contributed by atoms with van der Waals surface area (Å²) in [7, 11) is 0. The number of nitrogens with zero attached hydrogens (tertiary/aromatic N) is 4. The smallest absolute Gasteiger partial charge is 0.195 e. The molecule has 0 aliphatic heterocycles. The van der Waals surface area contributed by atoms with Crippen LogP contribution in [0.25, 0.3) is 5.69 Å². The molecule has 1 aromatic heterocycles. The maximum absolute atomic E-state index is 8.50. The summed E-state index contributed by atoms with van der Waals surface area (Å²) in [6.45, 7) is 2.07. The molecule has 0 saturated heterocycles. The minimum Gasteiger partial charge on any atom is -0.276 e. The lowest BCUT2D eigenvalue weighted by Gasteiger charge is -2.08. The summed E-state index contributed by atoms with van der Waals surface area (Å²) in [5, 5.41) is 17.5. The van der Waals surface area contributed by atoms with Gasteiger partial charge in [0.1, 0.15) is 6.33 Å². The van der Waals surface area contributed by atoms with Gasteiger partial charge in [-0.3, -0.25) is 4.57 Å². The van der Waals surface area contributed by atoms with Crippen molar-refractivity contribution in [1.82, 2.24) is 14.8 Å². The molecule has 0 N–H and O–H groups in total. The van der Waals surface area contributed by atoms with E-state index in [9.17, 15) is 0 Å². The second-order valence-corrected chi connectivity index (χ2v) is 4.94. The molecule has 0 bridgehead atoms. The van der Waals surface area contributed by atoms with Crippen molar-refractivity contribution in [3.8, 4) is 11.8 Å². The molecule has 18 heavy (non-hydrogen) atoms. The predicted molar refractivity (Wildman–Crippen MR) is 71.7 cm³/mol. The van der Waals surface area contributed by atoms with Crippen LogP contribution in [0.2, 0.25) is 0 Å². The van der Waals surface area contributed by atoms with E-state index < -0.39 is 0 Å². The molecule has 2 rings (SSSR count). The number of rotatable bonds is 5. The number of nitriles is 1. The highest BCUT2D eigenvalue weighted by molar-refractivity contribution is 7.99. The van der Waals surface area contributed by atoms with E-state index >= 15 is 0 Å². The van der Waals surface area contributed by atoms with Crippen LogP contribution in [-0.4, -0.2) is 20.5 Å². The molecule has 0 atom stereocenters. The molecule has 5 heteroatoms. The van der Waals surface area contributed by atoms with Gasteiger partial charge in [-0.1, -0.05) is 30.0 Å². The third-order valence-corrected chi connectivity index (χ3v) is 3.58. The summed E-state index contributed by atoms with van der Waals surface area (Å²) >= 11 is 1.64. The Morgan fingerprint density at radius 3 is 3.00 bits per heavy atom. The van der Waals surface area contributed by atoms with Gasteiger partial charge in [-0.15, -0.1) is 10.2 Å². The minimum absolute atomic E-state index is 0.589. The molecule has 1 aromatic carbocycles. The first-order valence-electron chi connectivity index (χ1n) is 5.78.